The molecule has 1 amide bonds. The Morgan fingerprint density at radius 2 is 1.90 bits per heavy atom. The van der Waals surface area contributed by atoms with Crippen LogP contribution < -0.4 is 10.2 Å². The van der Waals surface area contributed by atoms with Gasteiger partial charge in [-0.2, -0.15) is 0 Å². The largest absolute Gasteiger partial charge is 0.385 e. The molecular formula is C24H38FN3O2. The fraction of sp³-hybridized carbons (Fsp3) is 0.708. The van der Waals surface area contributed by atoms with Crippen LogP contribution in [0.2, 0.25) is 0 Å². The quantitative estimate of drug-likeness (QED) is 0.619. The van der Waals surface area contributed by atoms with Crippen molar-refractivity contribution >= 4 is 11.6 Å². The van der Waals surface area contributed by atoms with E-state index < -0.39 is 0 Å². The van der Waals surface area contributed by atoms with E-state index in [1.165, 1.54) is 25.3 Å². The number of rotatable bonds is 9. The number of amides is 1. The molecule has 1 aliphatic heterocycles. The molecule has 168 valence electrons. The molecule has 1 aliphatic carbocycles. The van der Waals surface area contributed by atoms with E-state index >= 15 is 0 Å². The minimum Gasteiger partial charge on any atom is -0.385 e. The molecule has 2 aliphatic rings. The van der Waals surface area contributed by atoms with Crippen LogP contribution >= 0.6 is 0 Å². The molecule has 1 aromatic rings. The van der Waals surface area contributed by atoms with Crippen LogP contribution in [0.3, 0.4) is 0 Å². The number of nitrogens with zero attached hydrogens (tertiary/aromatic N) is 2. The first-order valence-corrected chi connectivity index (χ1v) is 11.6. The van der Waals surface area contributed by atoms with Crippen molar-refractivity contribution in [1.82, 2.24) is 10.2 Å². The van der Waals surface area contributed by atoms with Gasteiger partial charge >= 0.3 is 0 Å². The number of methoxy groups -OCH3 is 1. The summed E-state index contributed by atoms with van der Waals surface area (Å²) >= 11 is 0. The summed E-state index contributed by atoms with van der Waals surface area (Å²) in [6.07, 6.45) is 7.24. The normalized spacial score (nSPS) is 22.8. The maximum Gasteiger partial charge on any atom is 0.220 e. The number of piperazine rings is 1. The maximum absolute atomic E-state index is 13.8. The summed E-state index contributed by atoms with van der Waals surface area (Å²) in [5.41, 5.74) is 1.80. The lowest BCUT2D eigenvalue weighted by Crippen LogP contribution is -2.47. The molecule has 1 N–H and O–H groups in total. The van der Waals surface area contributed by atoms with Crippen LogP contribution in [0.5, 0.6) is 0 Å². The van der Waals surface area contributed by atoms with Gasteiger partial charge < -0.3 is 15.0 Å². The summed E-state index contributed by atoms with van der Waals surface area (Å²) < 4.78 is 18.8. The van der Waals surface area contributed by atoms with Crippen molar-refractivity contribution in [3.05, 3.63) is 29.6 Å². The van der Waals surface area contributed by atoms with Gasteiger partial charge in [-0.05, 0) is 70.0 Å². The number of benzene rings is 1. The molecule has 0 bridgehead atoms. The Morgan fingerprint density at radius 3 is 2.60 bits per heavy atom. The van der Waals surface area contributed by atoms with Crippen molar-refractivity contribution < 1.29 is 13.9 Å². The Hall–Kier alpha value is -1.66. The molecule has 0 radical (unpaired) electrons. The van der Waals surface area contributed by atoms with Crippen molar-refractivity contribution in [2.24, 2.45) is 5.92 Å². The second kappa shape index (κ2) is 11.7. The molecule has 1 saturated carbocycles. The first-order valence-electron chi connectivity index (χ1n) is 11.6. The highest BCUT2D eigenvalue weighted by Crippen LogP contribution is 2.28. The molecule has 2 fully saturated rings. The molecule has 1 heterocycles. The fourth-order valence-corrected chi connectivity index (χ4v) is 4.79. The number of anilines is 1. The maximum atomic E-state index is 13.8. The predicted molar refractivity (Wildman–Crippen MR) is 119 cm³/mol. The van der Waals surface area contributed by atoms with E-state index in [1.54, 1.807) is 7.11 Å². The smallest absolute Gasteiger partial charge is 0.220 e. The lowest BCUT2D eigenvalue weighted by Gasteiger charge is -2.38. The van der Waals surface area contributed by atoms with Crippen LogP contribution in [0.25, 0.3) is 0 Å². The molecular weight excluding hydrogens is 381 g/mol. The topological polar surface area (TPSA) is 44.8 Å². The molecule has 0 unspecified atom stereocenters. The van der Waals surface area contributed by atoms with Gasteiger partial charge in [0.2, 0.25) is 5.91 Å². The van der Waals surface area contributed by atoms with Crippen LogP contribution in [0.4, 0.5) is 10.1 Å². The van der Waals surface area contributed by atoms with Crippen LogP contribution in [-0.2, 0) is 9.53 Å². The highest BCUT2D eigenvalue weighted by atomic mass is 19.1. The first-order chi connectivity index (χ1) is 14.6. The third-order valence-electron chi connectivity index (χ3n) is 6.77. The summed E-state index contributed by atoms with van der Waals surface area (Å²) in [5, 5.41) is 3.20. The fourth-order valence-electron chi connectivity index (χ4n) is 4.79. The molecule has 0 aromatic heterocycles. The van der Waals surface area contributed by atoms with Gasteiger partial charge in [-0.1, -0.05) is 6.07 Å². The molecule has 0 atom stereocenters. The Kier molecular flexibility index (Phi) is 8.94. The number of carbonyl (C=O) groups is 1. The third kappa shape index (κ3) is 6.67. The van der Waals surface area contributed by atoms with E-state index in [9.17, 15) is 9.18 Å². The standard InChI is InChI=1S/C24H38FN3O2/c1-19-22(25)5-3-6-23(19)28-16-14-27(15-17-28)13-12-20-8-10-21(11-9-20)26-24(29)7-4-18-30-2/h3,5-6,20-21H,4,7-18H2,1-2H3,(H,26,29). The first kappa shape index (κ1) is 23.0. The number of hydrogen-bond acceptors (Lipinski definition) is 4. The van der Waals surface area contributed by atoms with Crippen molar-refractivity contribution in [3.63, 3.8) is 0 Å². The van der Waals surface area contributed by atoms with E-state index in [1.807, 2.05) is 19.1 Å². The summed E-state index contributed by atoms with van der Waals surface area (Å²) in [6, 6.07) is 5.73. The Morgan fingerprint density at radius 1 is 1.17 bits per heavy atom. The Balaban J connectivity index is 1.31. The van der Waals surface area contributed by atoms with Gasteiger partial charge in [0.25, 0.3) is 0 Å². The van der Waals surface area contributed by atoms with Gasteiger partial charge in [0, 0.05) is 63.6 Å². The van der Waals surface area contributed by atoms with Crippen molar-refractivity contribution in [2.45, 2.75) is 57.9 Å². The number of hydrogen-bond donors (Lipinski definition) is 1. The lowest BCUT2D eigenvalue weighted by molar-refractivity contribution is -0.122. The van der Waals surface area contributed by atoms with E-state index in [4.69, 9.17) is 4.74 Å². The second-order valence-electron chi connectivity index (χ2n) is 8.88. The van der Waals surface area contributed by atoms with Crippen molar-refractivity contribution in [1.29, 1.82) is 0 Å². The zero-order chi connectivity index (χ0) is 21.3. The molecule has 30 heavy (non-hydrogen) atoms. The molecule has 0 spiro atoms. The minimum absolute atomic E-state index is 0.114. The van der Waals surface area contributed by atoms with E-state index in [-0.39, 0.29) is 11.7 Å². The minimum atomic E-state index is -0.114. The van der Waals surface area contributed by atoms with E-state index in [0.717, 1.165) is 69.2 Å². The van der Waals surface area contributed by atoms with Gasteiger partial charge in [-0.25, -0.2) is 4.39 Å². The average molecular weight is 420 g/mol. The van der Waals surface area contributed by atoms with Gasteiger partial charge in [-0.3, -0.25) is 9.69 Å². The van der Waals surface area contributed by atoms with Crippen molar-refractivity contribution in [3.8, 4) is 0 Å². The summed E-state index contributed by atoms with van der Waals surface area (Å²) in [7, 11) is 1.67. The monoisotopic (exact) mass is 419 g/mol. The summed E-state index contributed by atoms with van der Waals surface area (Å²) in [4.78, 5) is 16.8. The van der Waals surface area contributed by atoms with E-state index in [2.05, 4.69) is 15.1 Å². The van der Waals surface area contributed by atoms with Crippen LogP contribution in [0.15, 0.2) is 18.2 Å². The highest BCUT2D eigenvalue weighted by molar-refractivity contribution is 5.76. The number of nitrogens with one attached hydrogen (secondary N) is 1. The zero-order valence-corrected chi connectivity index (χ0v) is 18.7. The average Bonchev–Trinajstić information content (AvgIpc) is 2.76. The van der Waals surface area contributed by atoms with Crippen LogP contribution in [-0.4, -0.2) is 63.3 Å². The van der Waals surface area contributed by atoms with E-state index in [0.29, 0.717) is 19.1 Å². The molecule has 5 nitrogen and oxygen atoms in total. The summed E-state index contributed by atoms with van der Waals surface area (Å²) in [5.74, 6) is 0.828. The predicted octanol–water partition coefficient (Wildman–Crippen LogP) is 3.75. The van der Waals surface area contributed by atoms with Gasteiger partial charge in [0.05, 0.1) is 0 Å². The zero-order valence-electron chi connectivity index (χ0n) is 18.7. The number of halogens is 1. The summed E-state index contributed by atoms with van der Waals surface area (Å²) in [6.45, 7) is 7.68. The highest BCUT2D eigenvalue weighted by Gasteiger charge is 2.24. The van der Waals surface area contributed by atoms with Gasteiger partial charge in [0.15, 0.2) is 0 Å². The molecule has 6 heteroatoms. The van der Waals surface area contributed by atoms with Crippen LogP contribution in [0.1, 0.15) is 50.5 Å². The Labute approximate surface area is 180 Å². The Bertz CT molecular complexity index is 668. The van der Waals surface area contributed by atoms with Gasteiger partial charge in [-0.15, -0.1) is 0 Å². The molecule has 3 rings (SSSR count). The number of carbonyl (C=O) groups excluding carboxylic acids is 1. The molecule has 1 aromatic carbocycles. The van der Waals surface area contributed by atoms with Gasteiger partial charge in [0.1, 0.15) is 5.82 Å². The third-order valence-corrected chi connectivity index (χ3v) is 6.77. The van der Waals surface area contributed by atoms with Crippen LogP contribution in [0, 0.1) is 18.7 Å². The second-order valence-corrected chi connectivity index (χ2v) is 8.88. The SMILES string of the molecule is COCCCC(=O)NC1CCC(CCN2CCN(c3cccc(F)c3C)CC2)CC1. The number of ether oxygens (including phenoxy) is 1. The lowest BCUT2D eigenvalue weighted by atomic mass is 9.84. The molecule has 1 saturated heterocycles. The van der Waals surface area contributed by atoms with Crippen molar-refractivity contribution in [2.75, 3.05) is 51.3 Å².